The average molecular weight is 488 g/mol. The first-order valence-electron chi connectivity index (χ1n) is 11.5. The minimum Gasteiger partial charge on any atom is -0.507 e. The predicted molar refractivity (Wildman–Crippen MR) is 126 cm³/mol. The number of rotatable bonds is 8. The molecule has 1 saturated carbocycles. The number of carboxylic acid groups (broad SMARTS) is 1. The van der Waals surface area contributed by atoms with E-state index < -0.39 is 28.1 Å². The largest absolute Gasteiger partial charge is 0.507 e. The minimum absolute atomic E-state index is 0.0170. The van der Waals surface area contributed by atoms with Crippen LogP contribution in [-0.2, 0) is 32.3 Å². The zero-order chi connectivity index (χ0) is 24.5. The van der Waals surface area contributed by atoms with Gasteiger partial charge in [-0.1, -0.05) is 12.8 Å². The molecule has 8 nitrogen and oxygen atoms in total. The molecule has 1 fully saturated rings. The lowest BCUT2D eigenvalue weighted by Gasteiger charge is -2.18. The third-order valence-corrected chi connectivity index (χ3v) is 8.45. The maximum absolute atomic E-state index is 13.0. The number of carbonyl (C=O) groups is 2. The Morgan fingerprint density at radius 3 is 2.50 bits per heavy atom. The van der Waals surface area contributed by atoms with E-state index >= 15 is 0 Å². The molecule has 4 rings (SSSR count). The van der Waals surface area contributed by atoms with Crippen LogP contribution < -0.4 is 10.1 Å². The number of sulfone groups is 1. The zero-order valence-corrected chi connectivity index (χ0v) is 19.9. The number of hydrogen-bond acceptors (Lipinski definition) is 6. The molecule has 0 unspecified atom stereocenters. The second-order valence-electron chi connectivity index (χ2n) is 9.16. The molecule has 0 saturated heterocycles. The lowest BCUT2D eigenvalue weighted by atomic mass is 10.0. The zero-order valence-electron chi connectivity index (χ0n) is 19.1. The number of nitrogens with one attached hydrogen (secondary N) is 1. The van der Waals surface area contributed by atoms with Gasteiger partial charge < -0.3 is 20.3 Å². The Kier molecular flexibility index (Phi) is 6.84. The van der Waals surface area contributed by atoms with Gasteiger partial charge in [-0.05, 0) is 74.3 Å². The van der Waals surface area contributed by atoms with Gasteiger partial charge in [0.15, 0.2) is 9.84 Å². The SMILES string of the molecule is Cc1cc(NC(=O)CC(=O)O)c2c(c1Oc1ccc(O)c(S(=O)(=O)CC3CCCC3)c1)CCC2. The van der Waals surface area contributed by atoms with Crippen LogP contribution in [0.15, 0.2) is 29.2 Å². The molecule has 0 bridgehead atoms. The van der Waals surface area contributed by atoms with E-state index in [-0.39, 0.29) is 22.3 Å². The van der Waals surface area contributed by atoms with Crippen LogP contribution in [0.2, 0.25) is 0 Å². The Labute approximate surface area is 198 Å². The Balaban J connectivity index is 1.62. The molecule has 2 aromatic carbocycles. The van der Waals surface area contributed by atoms with Gasteiger partial charge in [0.25, 0.3) is 0 Å². The van der Waals surface area contributed by atoms with Crippen molar-refractivity contribution >= 4 is 27.4 Å². The summed E-state index contributed by atoms with van der Waals surface area (Å²) >= 11 is 0. The van der Waals surface area contributed by atoms with Crippen LogP contribution in [0.25, 0.3) is 0 Å². The van der Waals surface area contributed by atoms with E-state index in [0.717, 1.165) is 55.2 Å². The Morgan fingerprint density at radius 2 is 1.79 bits per heavy atom. The lowest BCUT2D eigenvalue weighted by molar-refractivity contribution is -0.139. The number of anilines is 1. The van der Waals surface area contributed by atoms with Gasteiger partial charge in [-0.2, -0.15) is 0 Å². The number of carbonyl (C=O) groups excluding carboxylic acids is 1. The molecule has 2 aliphatic rings. The number of phenolic OH excluding ortho intramolecular Hbond substituents is 1. The number of phenols is 1. The monoisotopic (exact) mass is 487 g/mol. The van der Waals surface area contributed by atoms with Crippen LogP contribution in [0.3, 0.4) is 0 Å². The standard InChI is InChI=1S/C25H29NO7S/c1-15-11-20(26-23(28)13-24(29)30)18-7-4-8-19(18)25(15)33-17-9-10-21(27)22(12-17)34(31,32)14-16-5-2-3-6-16/h9-12,16,27H,2-8,13-14H2,1H3,(H,26,28)(H,29,30). The number of hydrogen-bond donors (Lipinski definition) is 3. The highest BCUT2D eigenvalue weighted by atomic mass is 32.2. The Morgan fingerprint density at radius 1 is 1.09 bits per heavy atom. The van der Waals surface area contributed by atoms with E-state index in [0.29, 0.717) is 23.6 Å². The van der Waals surface area contributed by atoms with E-state index in [1.165, 1.54) is 18.2 Å². The molecular weight excluding hydrogens is 458 g/mol. The third kappa shape index (κ3) is 5.19. The fourth-order valence-electron chi connectivity index (χ4n) is 4.99. The average Bonchev–Trinajstić information content (AvgIpc) is 3.43. The summed E-state index contributed by atoms with van der Waals surface area (Å²) in [5.74, 6) is -1.05. The highest BCUT2D eigenvalue weighted by Gasteiger charge is 2.28. The molecule has 0 radical (unpaired) electrons. The van der Waals surface area contributed by atoms with E-state index in [1.54, 1.807) is 6.07 Å². The molecular formula is C25H29NO7S. The molecule has 182 valence electrons. The summed E-state index contributed by atoms with van der Waals surface area (Å²) in [5, 5.41) is 21.8. The summed E-state index contributed by atoms with van der Waals surface area (Å²) in [6.45, 7) is 1.82. The van der Waals surface area contributed by atoms with Gasteiger partial charge in [0, 0.05) is 17.3 Å². The summed E-state index contributed by atoms with van der Waals surface area (Å²) in [5.41, 5.74) is 3.12. The summed E-state index contributed by atoms with van der Waals surface area (Å²) in [6, 6.07) is 6.00. The van der Waals surface area contributed by atoms with Crippen LogP contribution in [-0.4, -0.2) is 36.3 Å². The highest BCUT2D eigenvalue weighted by Crippen LogP contribution is 2.42. The minimum atomic E-state index is -3.67. The van der Waals surface area contributed by atoms with Crippen molar-refractivity contribution in [3.05, 3.63) is 41.0 Å². The molecule has 3 N–H and O–H groups in total. The number of amides is 1. The molecule has 0 spiro atoms. The van der Waals surface area contributed by atoms with Gasteiger partial charge in [-0.3, -0.25) is 9.59 Å². The summed E-state index contributed by atoms with van der Waals surface area (Å²) in [7, 11) is -3.67. The Bertz CT molecular complexity index is 1230. The Hall–Kier alpha value is -3.07. The molecule has 0 aromatic heterocycles. The summed E-state index contributed by atoms with van der Waals surface area (Å²) in [6.07, 6.45) is 5.52. The van der Waals surface area contributed by atoms with Crippen molar-refractivity contribution in [1.29, 1.82) is 0 Å². The van der Waals surface area contributed by atoms with Crippen LogP contribution in [0.4, 0.5) is 5.69 Å². The van der Waals surface area contributed by atoms with E-state index in [4.69, 9.17) is 9.84 Å². The molecule has 34 heavy (non-hydrogen) atoms. The normalized spacial score (nSPS) is 15.8. The van der Waals surface area contributed by atoms with Gasteiger partial charge in [0.05, 0.1) is 5.75 Å². The van der Waals surface area contributed by atoms with Crippen molar-refractivity contribution in [2.75, 3.05) is 11.1 Å². The first kappa shape index (κ1) is 24.1. The predicted octanol–water partition coefficient (Wildman–Crippen LogP) is 4.36. The van der Waals surface area contributed by atoms with Crippen LogP contribution >= 0.6 is 0 Å². The number of fused-ring (bicyclic) bond motifs is 1. The van der Waals surface area contributed by atoms with Gasteiger partial charge >= 0.3 is 5.97 Å². The number of aryl methyl sites for hydroxylation is 1. The summed E-state index contributed by atoms with van der Waals surface area (Å²) < 4.78 is 32.1. The second-order valence-corrected chi connectivity index (χ2v) is 11.2. The first-order chi connectivity index (χ1) is 16.1. The molecule has 0 atom stereocenters. The fourth-order valence-corrected chi connectivity index (χ4v) is 6.80. The van der Waals surface area contributed by atoms with Gasteiger partial charge in [-0.15, -0.1) is 0 Å². The second kappa shape index (κ2) is 9.66. The van der Waals surface area contributed by atoms with Gasteiger partial charge in [-0.25, -0.2) is 8.42 Å². The molecule has 2 aromatic rings. The van der Waals surface area contributed by atoms with Crippen molar-refractivity contribution < 1.29 is 33.0 Å². The van der Waals surface area contributed by atoms with Crippen molar-refractivity contribution in [2.45, 2.75) is 63.2 Å². The summed E-state index contributed by atoms with van der Waals surface area (Å²) in [4.78, 5) is 22.7. The smallest absolute Gasteiger partial charge is 0.312 e. The van der Waals surface area contributed by atoms with Gasteiger partial charge in [0.1, 0.15) is 28.6 Å². The number of aliphatic carboxylic acids is 1. The fraction of sp³-hybridized carbons (Fsp3) is 0.440. The first-order valence-corrected chi connectivity index (χ1v) is 13.2. The van der Waals surface area contributed by atoms with Crippen LogP contribution in [0.1, 0.15) is 55.2 Å². The number of benzene rings is 2. The topological polar surface area (TPSA) is 130 Å². The lowest BCUT2D eigenvalue weighted by Crippen LogP contribution is -2.17. The molecule has 1 amide bonds. The maximum Gasteiger partial charge on any atom is 0.312 e. The number of aromatic hydroxyl groups is 1. The van der Waals surface area contributed by atoms with Crippen molar-refractivity contribution in [1.82, 2.24) is 0 Å². The van der Waals surface area contributed by atoms with Crippen molar-refractivity contribution in [3.63, 3.8) is 0 Å². The van der Waals surface area contributed by atoms with E-state index in [9.17, 15) is 23.1 Å². The quantitative estimate of drug-likeness (QED) is 0.472. The third-order valence-electron chi connectivity index (χ3n) is 6.54. The number of ether oxygens (including phenoxy) is 1. The molecule has 2 aliphatic carbocycles. The number of carboxylic acids is 1. The van der Waals surface area contributed by atoms with Crippen LogP contribution in [0, 0.1) is 12.8 Å². The van der Waals surface area contributed by atoms with Crippen molar-refractivity contribution in [2.24, 2.45) is 5.92 Å². The van der Waals surface area contributed by atoms with Gasteiger partial charge in [0.2, 0.25) is 5.91 Å². The maximum atomic E-state index is 13.0. The van der Waals surface area contributed by atoms with Crippen molar-refractivity contribution in [3.8, 4) is 17.2 Å². The van der Waals surface area contributed by atoms with E-state index in [1.807, 2.05) is 6.92 Å². The van der Waals surface area contributed by atoms with E-state index in [2.05, 4.69) is 5.32 Å². The molecule has 0 aliphatic heterocycles. The highest BCUT2D eigenvalue weighted by molar-refractivity contribution is 7.91. The molecule has 9 heteroatoms. The molecule has 0 heterocycles. The van der Waals surface area contributed by atoms with Crippen LogP contribution in [0.5, 0.6) is 17.2 Å².